The van der Waals surface area contributed by atoms with Crippen molar-refractivity contribution in [2.45, 2.75) is 32.7 Å². The second-order valence-corrected chi connectivity index (χ2v) is 4.72. The summed E-state index contributed by atoms with van der Waals surface area (Å²) in [6.45, 7) is 3.97. The van der Waals surface area contributed by atoms with E-state index in [1.165, 1.54) is 11.3 Å². The molecule has 0 aliphatic heterocycles. The van der Waals surface area contributed by atoms with Crippen LogP contribution >= 0.6 is 11.3 Å². The van der Waals surface area contributed by atoms with Crippen LogP contribution in [-0.2, 0) is 9.53 Å². The number of hydrogen-bond donors (Lipinski definition) is 2. The molecule has 0 aromatic carbocycles. The molecule has 0 saturated carbocycles. The van der Waals surface area contributed by atoms with Crippen LogP contribution in [-0.4, -0.2) is 24.5 Å². The van der Waals surface area contributed by atoms with Gasteiger partial charge in [0.05, 0.1) is 12.2 Å². The molecule has 0 aliphatic carbocycles. The number of anilines is 1. The largest absolute Gasteiger partial charge is 0.462 e. The van der Waals surface area contributed by atoms with Crippen LogP contribution in [0.15, 0.2) is 11.4 Å². The average Bonchev–Trinajstić information content (AvgIpc) is 2.77. The third-order valence-corrected chi connectivity index (χ3v) is 3.22. The first-order valence-corrected chi connectivity index (χ1v) is 6.76. The molecule has 3 N–H and O–H groups in total. The number of carbonyl (C=O) groups excluding carboxylic acids is 2. The maximum Gasteiger partial charge on any atom is 0.341 e. The van der Waals surface area contributed by atoms with E-state index >= 15 is 0 Å². The summed E-state index contributed by atoms with van der Waals surface area (Å²) in [4.78, 5) is 23.3. The third-order valence-electron chi connectivity index (χ3n) is 2.39. The molecule has 1 heterocycles. The van der Waals surface area contributed by atoms with Crippen LogP contribution < -0.4 is 11.1 Å². The lowest BCUT2D eigenvalue weighted by molar-refractivity contribution is -0.116. The first-order chi connectivity index (χ1) is 8.58. The zero-order valence-corrected chi connectivity index (χ0v) is 11.4. The molecule has 1 rings (SSSR count). The zero-order chi connectivity index (χ0) is 13.5. The van der Waals surface area contributed by atoms with Crippen LogP contribution in [0.5, 0.6) is 0 Å². The molecule has 1 amide bonds. The lowest BCUT2D eigenvalue weighted by Crippen LogP contribution is -2.26. The highest BCUT2D eigenvalue weighted by molar-refractivity contribution is 7.14. The summed E-state index contributed by atoms with van der Waals surface area (Å²) in [5.41, 5.74) is 6.09. The predicted octanol–water partition coefficient (Wildman–Crippen LogP) is 1.99. The second kappa shape index (κ2) is 7.13. The third kappa shape index (κ3) is 4.12. The van der Waals surface area contributed by atoms with Crippen LogP contribution in [0.25, 0.3) is 0 Å². The Hall–Kier alpha value is -1.40. The number of carbonyl (C=O) groups is 2. The maximum absolute atomic E-state index is 11.7. The fourth-order valence-electron chi connectivity index (χ4n) is 1.34. The van der Waals surface area contributed by atoms with Gasteiger partial charge in [-0.05, 0) is 24.8 Å². The molecule has 0 fully saturated rings. The molecule has 0 spiro atoms. The van der Waals surface area contributed by atoms with Crippen LogP contribution in [0.4, 0.5) is 5.00 Å². The van der Waals surface area contributed by atoms with E-state index in [9.17, 15) is 9.59 Å². The summed E-state index contributed by atoms with van der Waals surface area (Å²) in [7, 11) is 0. The number of nitrogens with two attached hydrogens (primary N) is 1. The molecule has 0 saturated heterocycles. The normalized spacial score (nSPS) is 11.9. The van der Waals surface area contributed by atoms with E-state index in [2.05, 4.69) is 5.32 Å². The fraction of sp³-hybridized carbons (Fsp3) is 0.500. The van der Waals surface area contributed by atoms with E-state index in [1.54, 1.807) is 18.4 Å². The lowest BCUT2D eigenvalue weighted by Gasteiger charge is -2.09. The van der Waals surface area contributed by atoms with E-state index in [0.717, 1.165) is 6.42 Å². The van der Waals surface area contributed by atoms with Crippen LogP contribution in [0.1, 0.15) is 37.0 Å². The molecule has 18 heavy (non-hydrogen) atoms. The molecule has 0 bridgehead atoms. The fourth-order valence-corrected chi connectivity index (χ4v) is 2.13. The summed E-state index contributed by atoms with van der Waals surface area (Å²) >= 11 is 1.29. The first-order valence-electron chi connectivity index (χ1n) is 5.88. The Kier molecular flexibility index (Phi) is 5.80. The van der Waals surface area contributed by atoms with Gasteiger partial charge in [0.25, 0.3) is 0 Å². The lowest BCUT2D eigenvalue weighted by atomic mass is 10.1. The molecule has 1 unspecified atom stereocenters. The summed E-state index contributed by atoms with van der Waals surface area (Å²) in [6.07, 6.45) is 0.985. The van der Waals surface area contributed by atoms with Crippen molar-refractivity contribution >= 4 is 28.2 Å². The molecular formula is C12H18N2O3S. The van der Waals surface area contributed by atoms with Gasteiger partial charge < -0.3 is 15.8 Å². The van der Waals surface area contributed by atoms with Crippen molar-refractivity contribution in [1.29, 1.82) is 0 Å². The van der Waals surface area contributed by atoms with Gasteiger partial charge in [-0.1, -0.05) is 6.92 Å². The first kappa shape index (κ1) is 14.7. The van der Waals surface area contributed by atoms with E-state index < -0.39 is 5.97 Å². The van der Waals surface area contributed by atoms with E-state index in [0.29, 0.717) is 17.2 Å². The Bertz CT molecular complexity index is 417. The monoisotopic (exact) mass is 270 g/mol. The van der Waals surface area contributed by atoms with Crippen LogP contribution in [0.2, 0.25) is 0 Å². The minimum atomic E-state index is -0.422. The van der Waals surface area contributed by atoms with Crippen molar-refractivity contribution in [2.24, 2.45) is 5.73 Å². The van der Waals surface area contributed by atoms with E-state index in [1.807, 2.05) is 6.92 Å². The second-order valence-electron chi connectivity index (χ2n) is 3.80. The number of hydrogen-bond acceptors (Lipinski definition) is 5. The van der Waals surface area contributed by atoms with Crippen molar-refractivity contribution in [1.82, 2.24) is 0 Å². The van der Waals surface area contributed by atoms with Crippen LogP contribution in [0.3, 0.4) is 0 Å². The van der Waals surface area contributed by atoms with Gasteiger partial charge in [0, 0.05) is 12.5 Å². The highest BCUT2D eigenvalue weighted by atomic mass is 32.1. The number of thiophene rings is 1. The minimum absolute atomic E-state index is 0.156. The van der Waals surface area contributed by atoms with E-state index in [-0.39, 0.29) is 18.4 Å². The quantitative estimate of drug-likeness (QED) is 0.775. The summed E-state index contributed by atoms with van der Waals surface area (Å²) in [5.74, 6) is -0.605. The van der Waals surface area contributed by atoms with Gasteiger partial charge in [0.1, 0.15) is 5.00 Å². The van der Waals surface area contributed by atoms with Gasteiger partial charge in [0.15, 0.2) is 0 Å². The Morgan fingerprint density at radius 3 is 2.83 bits per heavy atom. The Balaban J connectivity index is 2.65. The summed E-state index contributed by atoms with van der Waals surface area (Å²) in [6, 6.07) is 1.48. The molecule has 0 radical (unpaired) electrons. The molecule has 100 valence electrons. The smallest absolute Gasteiger partial charge is 0.341 e. The van der Waals surface area contributed by atoms with Gasteiger partial charge in [-0.2, -0.15) is 0 Å². The summed E-state index contributed by atoms with van der Waals surface area (Å²) < 4.78 is 4.90. The van der Waals surface area contributed by atoms with E-state index in [4.69, 9.17) is 10.5 Å². The number of rotatable bonds is 6. The topological polar surface area (TPSA) is 81.4 Å². The van der Waals surface area contributed by atoms with Crippen molar-refractivity contribution in [3.8, 4) is 0 Å². The molecule has 0 aliphatic rings. The van der Waals surface area contributed by atoms with Crippen molar-refractivity contribution in [2.75, 3.05) is 11.9 Å². The van der Waals surface area contributed by atoms with Crippen molar-refractivity contribution < 1.29 is 14.3 Å². The van der Waals surface area contributed by atoms with Gasteiger partial charge in [-0.15, -0.1) is 11.3 Å². The predicted molar refractivity (Wildman–Crippen MR) is 71.8 cm³/mol. The molecule has 1 aromatic heterocycles. The zero-order valence-electron chi connectivity index (χ0n) is 10.6. The molecule has 1 aromatic rings. The Morgan fingerprint density at radius 2 is 2.22 bits per heavy atom. The minimum Gasteiger partial charge on any atom is -0.462 e. The molecule has 5 nitrogen and oxygen atoms in total. The highest BCUT2D eigenvalue weighted by Gasteiger charge is 2.16. The Morgan fingerprint density at radius 1 is 1.50 bits per heavy atom. The van der Waals surface area contributed by atoms with Gasteiger partial charge in [0.2, 0.25) is 5.91 Å². The molecular weight excluding hydrogens is 252 g/mol. The maximum atomic E-state index is 11.7. The number of amides is 1. The number of ether oxygens (including phenoxy) is 1. The summed E-state index contributed by atoms with van der Waals surface area (Å²) in [5, 5.41) is 4.95. The van der Waals surface area contributed by atoms with Gasteiger partial charge >= 0.3 is 5.97 Å². The van der Waals surface area contributed by atoms with Crippen molar-refractivity contribution in [3.05, 3.63) is 17.0 Å². The average molecular weight is 270 g/mol. The SMILES string of the molecule is CCOC(=O)c1ccsc1NC(=O)CC(N)CC. The van der Waals surface area contributed by atoms with Gasteiger partial charge in [-0.25, -0.2) is 4.79 Å². The van der Waals surface area contributed by atoms with Gasteiger partial charge in [-0.3, -0.25) is 4.79 Å². The molecule has 6 heteroatoms. The Labute approximate surface area is 110 Å². The number of nitrogens with one attached hydrogen (secondary N) is 1. The highest BCUT2D eigenvalue weighted by Crippen LogP contribution is 2.24. The van der Waals surface area contributed by atoms with Crippen molar-refractivity contribution in [3.63, 3.8) is 0 Å². The number of esters is 1. The standard InChI is InChI=1S/C12H18N2O3S/c1-3-8(13)7-10(15)14-11-9(5-6-18-11)12(16)17-4-2/h5-6,8H,3-4,7,13H2,1-2H3,(H,14,15). The van der Waals surface area contributed by atoms with Crippen LogP contribution in [0, 0.1) is 0 Å². The molecule has 1 atom stereocenters.